The third-order valence-corrected chi connectivity index (χ3v) is 5.80. The maximum Gasteiger partial charge on any atom is 0.251 e. The van der Waals surface area contributed by atoms with Gasteiger partial charge >= 0.3 is 0 Å². The number of carbonyl (C=O) groups excluding carboxylic acids is 2. The predicted octanol–water partition coefficient (Wildman–Crippen LogP) is 2.50. The Labute approximate surface area is 167 Å². The molecule has 1 aliphatic heterocycles. The quantitative estimate of drug-likeness (QED) is 0.691. The molecular formula is C21H24N2O4S. The molecule has 0 saturated heterocycles. The van der Waals surface area contributed by atoms with Crippen LogP contribution in [0.25, 0.3) is 0 Å². The van der Waals surface area contributed by atoms with Crippen molar-refractivity contribution in [1.82, 2.24) is 5.32 Å². The highest BCUT2D eigenvalue weighted by atomic mass is 32.2. The first kappa shape index (κ1) is 20.2. The van der Waals surface area contributed by atoms with E-state index in [2.05, 4.69) is 5.32 Å². The molecule has 3 rings (SSSR count). The van der Waals surface area contributed by atoms with Gasteiger partial charge in [-0.2, -0.15) is 0 Å². The third kappa shape index (κ3) is 4.85. The van der Waals surface area contributed by atoms with Crippen molar-refractivity contribution in [3.63, 3.8) is 0 Å². The zero-order valence-electron chi connectivity index (χ0n) is 15.8. The largest absolute Gasteiger partial charge is 0.382 e. The van der Waals surface area contributed by atoms with E-state index in [4.69, 9.17) is 4.74 Å². The number of benzene rings is 2. The summed E-state index contributed by atoms with van der Waals surface area (Å²) >= 11 is 0. The molecule has 1 N–H and O–H groups in total. The Bertz CT molecular complexity index is 870. The molecule has 2 aromatic carbocycles. The van der Waals surface area contributed by atoms with Crippen molar-refractivity contribution in [2.75, 3.05) is 30.4 Å². The van der Waals surface area contributed by atoms with Crippen molar-refractivity contribution in [1.29, 1.82) is 0 Å². The summed E-state index contributed by atoms with van der Waals surface area (Å²) in [6.07, 6.45) is 0.729. The monoisotopic (exact) mass is 400 g/mol. The second kappa shape index (κ2) is 9.61. The Morgan fingerprint density at radius 3 is 2.75 bits per heavy atom. The van der Waals surface area contributed by atoms with Crippen molar-refractivity contribution in [2.24, 2.45) is 0 Å². The van der Waals surface area contributed by atoms with Crippen LogP contribution in [-0.4, -0.2) is 41.5 Å². The van der Waals surface area contributed by atoms with Gasteiger partial charge in [0.05, 0.1) is 27.9 Å². The molecule has 1 aliphatic rings. The van der Waals surface area contributed by atoms with E-state index in [1.54, 1.807) is 23.1 Å². The number of nitrogens with one attached hydrogen (secondary N) is 1. The highest BCUT2D eigenvalue weighted by molar-refractivity contribution is 7.86. The van der Waals surface area contributed by atoms with Crippen LogP contribution in [0.4, 0.5) is 5.69 Å². The SMILES string of the molecule is CCOCCCNC(=O)c1ccc2c(c1)N(Cc1ccccc1)C(=O)C[S@]2=O. The van der Waals surface area contributed by atoms with E-state index in [-0.39, 0.29) is 17.6 Å². The smallest absolute Gasteiger partial charge is 0.251 e. The second-order valence-electron chi connectivity index (χ2n) is 6.44. The number of amides is 2. The van der Waals surface area contributed by atoms with E-state index in [1.165, 1.54) is 0 Å². The van der Waals surface area contributed by atoms with E-state index in [0.717, 1.165) is 12.0 Å². The lowest BCUT2D eigenvalue weighted by Gasteiger charge is -2.29. The Hall–Kier alpha value is -2.51. The molecule has 1 heterocycles. The molecule has 0 unspecified atom stereocenters. The van der Waals surface area contributed by atoms with Gasteiger partial charge in [0.2, 0.25) is 5.91 Å². The molecular weight excluding hydrogens is 376 g/mol. The molecule has 0 aromatic heterocycles. The summed E-state index contributed by atoms with van der Waals surface area (Å²) in [6, 6.07) is 14.6. The van der Waals surface area contributed by atoms with Crippen LogP contribution in [0, 0.1) is 0 Å². The predicted molar refractivity (Wildman–Crippen MR) is 109 cm³/mol. The van der Waals surface area contributed by atoms with Gasteiger partial charge in [-0.3, -0.25) is 13.8 Å². The fourth-order valence-electron chi connectivity index (χ4n) is 3.03. The third-order valence-electron chi connectivity index (χ3n) is 4.45. The second-order valence-corrected chi connectivity index (χ2v) is 7.86. The summed E-state index contributed by atoms with van der Waals surface area (Å²) in [7, 11) is -1.39. The summed E-state index contributed by atoms with van der Waals surface area (Å²) in [5.74, 6) is -0.463. The van der Waals surface area contributed by atoms with Crippen LogP contribution >= 0.6 is 0 Å². The van der Waals surface area contributed by atoms with Gasteiger partial charge in [-0.25, -0.2) is 0 Å². The average Bonchev–Trinajstić information content (AvgIpc) is 2.71. The summed E-state index contributed by atoms with van der Waals surface area (Å²) in [4.78, 5) is 27.2. The van der Waals surface area contributed by atoms with E-state index in [9.17, 15) is 13.8 Å². The minimum absolute atomic E-state index is 0.0389. The maximum absolute atomic E-state index is 12.5. The number of anilines is 1. The Morgan fingerprint density at radius 1 is 1.21 bits per heavy atom. The molecule has 7 heteroatoms. The van der Waals surface area contributed by atoms with Crippen LogP contribution in [0.5, 0.6) is 0 Å². The first-order chi connectivity index (χ1) is 13.6. The highest BCUT2D eigenvalue weighted by Gasteiger charge is 2.30. The lowest BCUT2D eigenvalue weighted by atomic mass is 10.1. The molecule has 2 aromatic rings. The normalized spacial score (nSPS) is 16.0. The number of hydrogen-bond acceptors (Lipinski definition) is 4. The molecule has 0 bridgehead atoms. The molecule has 1 atom stereocenters. The molecule has 0 radical (unpaired) electrons. The summed E-state index contributed by atoms with van der Waals surface area (Å²) in [5.41, 5.74) is 1.96. The van der Waals surface area contributed by atoms with Gasteiger partial charge in [-0.1, -0.05) is 30.3 Å². The number of carbonyl (C=O) groups is 2. The van der Waals surface area contributed by atoms with Gasteiger partial charge in [0.25, 0.3) is 5.91 Å². The molecule has 0 saturated carbocycles. The van der Waals surface area contributed by atoms with Gasteiger partial charge in [0.15, 0.2) is 0 Å². The van der Waals surface area contributed by atoms with Crippen molar-refractivity contribution < 1.29 is 18.5 Å². The first-order valence-corrected chi connectivity index (χ1v) is 10.6. The topological polar surface area (TPSA) is 75.7 Å². The van der Waals surface area contributed by atoms with E-state index in [1.807, 2.05) is 37.3 Å². The molecule has 0 fully saturated rings. The molecule has 148 valence electrons. The van der Waals surface area contributed by atoms with E-state index >= 15 is 0 Å². The van der Waals surface area contributed by atoms with Gasteiger partial charge in [-0.05, 0) is 37.1 Å². The Morgan fingerprint density at radius 2 is 2.00 bits per heavy atom. The van der Waals surface area contributed by atoms with E-state index < -0.39 is 10.8 Å². The van der Waals surface area contributed by atoms with E-state index in [0.29, 0.717) is 42.4 Å². The van der Waals surface area contributed by atoms with Crippen LogP contribution in [0.1, 0.15) is 29.3 Å². The minimum Gasteiger partial charge on any atom is -0.382 e. The van der Waals surface area contributed by atoms with Crippen LogP contribution in [0.2, 0.25) is 0 Å². The Kier molecular flexibility index (Phi) is 6.95. The van der Waals surface area contributed by atoms with Crippen LogP contribution in [-0.2, 0) is 26.9 Å². The fourth-order valence-corrected chi connectivity index (χ4v) is 4.18. The molecule has 0 spiro atoms. The minimum atomic E-state index is -1.39. The number of rotatable bonds is 8. The first-order valence-electron chi connectivity index (χ1n) is 9.32. The summed E-state index contributed by atoms with van der Waals surface area (Å²) in [5, 5.41) is 2.85. The standard InChI is InChI=1S/C21H24N2O4S/c1-2-27-12-6-11-22-21(25)17-9-10-19-18(13-17)23(20(24)15-28(19)26)14-16-7-4-3-5-8-16/h3-5,7-10,13H,2,6,11-12,14-15H2,1H3,(H,22,25)/t28-/m1/s1. The zero-order chi connectivity index (χ0) is 19.9. The fraction of sp³-hybridized carbons (Fsp3) is 0.333. The van der Waals surface area contributed by atoms with Gasteiger partial charge < -0.3 is 15.0 Å². The van der Waals surface area contributed by atoms with Crippen LogP contribution < -0.4 is 10.2 Å². The average molecular weight is 401 g/mol. The highest BCUT2D eigenvalue weighted by Crippen LogP contribution is 2.31. The number of fused-ring (bicyclic) bond motifs is 1. The summed E-state index contributed by atoms with van der Waals surface area (Å²) < 4.78 is 17.7. The van der Waals surface area contributed by atoms with Crippen molar-refractivity contribution in [3.8, 4) is 0 Å². The number of hydrogen-bond donors (Lipinski definition) is 1. The molecule has 6 nitrogen and oxygen atoms in total. The van der Waals surface area contributed by atoms with Crippen LogP contribution in [0.15, 0.2) is 53.4 Å². The van der Waals surface area contributed by atoms with Crippen molar-refractivity contribution in [3.05, 3.63) is 59.7 Å². The zero-order valence-corrected chi connectivity index (χ0v) is 16.7. The van der Waals surface area contributed by atoms with Gasteiger partial charge in [0, 0.05) is 25.3 Å². The van der Waals surface area contributed by atoms with Gasteiger partial charge in [0.1, 0.15) is 5.75 Å². The maximum atomic E-state index is 12.5. The number of ether oxygens (including phenoxy) is 1. The lowest BCUT2D eigenvalue weighted by Crippen LogP contribution is -2.38. The van der Waals surface area contributed by atoms with Gasteiger partial charge in [-0.15, -0.1) is 0 Å². The molecule has 0 aliphatic carbocycles. The van der Waals surface area contributed by atoms with Crippen molar-refractivity contribution >= 4 is 28.3 Å². The Balaban J connectivity index is 1.79. The molecule has 2 amide bonds. The molecule has 28 heavy (non-hydrogen) atoms. The van der Waals surface area contributed by atoms with Crippen LogP contribution in [0.3, 0.4) is 0 Å². The van der Waals surface area contributed by atoms with Crippen molar-refractivity contribution in [2.45, 2.75) is 24.8 Å². The number of nitrogens with zero attached hydrogens (tertiary/aromatic N) is 1. The lowest BCUT2D eigenvalue weighted by molar-refractivity contribution is -0.116. The summed E-state index contributed by atoms with van der Waals surface area (Å²) in [6.45, 7) is 4.07.